The number of ether oxygens (including phenoxy) is 1. The average Bonchev–Trinajstić information content (AvgIpc) is 2.27. The van der Waals surface area contributed by atoms with Crippen molar-refractivity contribution < 1.29 is 14.3 Å². The number of nitrogens with one attached hydrogen (secondary N) is 1. The summed E-state index contributed by atoms with van der Waals surface area (Å²) < 4.78 is 5.18. The molecule has 1 saturated heterocycles. The molecule has 0 saturated carbocycles. The maximum Gasteiger partial charge on any atom is 0.317 e. The van der Waals surface area contributed by atoms with Crippen LogP contribution < -0.4 is 11.1 Å². The van der Waals surface area contributed by atoms with Crippen molar-refractivity contribution in [3.8, 4) is 0 Å². The standard InChI is InChI=1S/C12H23N3O3/c1-12(2,3)4-5-14-11(17)15-6-7-18-9(8-15)10(13)16/h9H,4-8H2,1-3H3,(H2,13,16)(H,14,17). The van der Waals surface area contributed by atoms with Gasteiger partial charge in [0.1, 0.15) is 0 Å². The molecular weight excluding hydrogens is 234 g/mol. The van der Waals surface area contributed by atoms with E-state index < -0.39 is 12.0 Å². The third-order valence-corrected chi connectivity index (χ3v) is 2.82. The lowest BCUT2D eigenvalue weighted by Gasteiger charge is -2.31. The van der Waals surface area contributed by atoms with Gasteiger partial charge in [-0.3, -0.25) is 4.79 Å². The van der Waals surface area contributed by atoms with Gasteiger partial charge >= 0.3 is 6.03 Å². The Hall–Kier alpha value is -1.30. The Morgan fingerprint density at radius 3 is 2.67 bits per heavy atom. The average molecular weight is 257 g/mol. The minimum Gasteiger partial charge on any atom is -0.367 e. The molecule has 0 aromatic carbocycles. The van der Waals surface area contributed by atoms with Crippen molar-refractivity contribution in [3.63, 3.8) is 0 Å². The number of hydrogen-bond donors (Lipinski definition) is 2. The number of nitrogens with two attached hydrogens (primary N) is 1. The third kappa shape index (κ3) is 4.91. The Morgan fingerprint density at radius 2 is 2.11 bits per heavy atom. The van der Waals surface area contributed by atoms with E-state index in [9.17, 15) is 9.59 Å². The molecule has 0 aromatic heterocycles. The maximum atomic E-state index is 11.9. The second-order valence-corrected chi connectivity index (χ2v) is 5.75. The van der Waals surface area contributed by atoms with Crippen molar-refractivity contribution in [1.82, 2.24) is 10.2 Å². The van der Waals surface area contributed by atoms with Crippen LogP contribution in [-0.2, 0) is 9.53 Å². The van der Waals surface area contributed by atoms with E-state index in [4.69, 9.17) is 10.5 Å². The fourth-order valence-corrected chi connectivity index (χ4v) is 1.66. The fourth-order valence-electron chi connectivity index (χ4n) is 1.66. The van der Waals surface area contributed by atoms with E-state index in [1.165, 1.54) is 0 Å². The van der Waals surface area contributed by atoms with Crippen LogP contribution in [0.4, 0.5) is 4.79 Å². The molecule has 0 radical (unpaired) electrons. The predicted molar refractivity (Wildman–Crippen MR) is 68.0 cm³/mol. The van der Waals surface area contributed by atoms with E-state index in [0.717, 1.165) is 6.42 Å². The zero-order valence-electron chi connectivity index (χ0n) is 11.4. The van der Waals surface area contributed by atoms with E-state index in [-0.39, 0.29) is 18.0 Å². The van der Waals surface area contributed by atoms with Crippen LogP contribution in [0.15, 0.2) is 0 Å². The second-order valence-electron chi connectivity index (χ2n) is 5.75. The van der Waals surface area contributed by atoms with Crippen molar-refractivity contribution in [2.45, 2.75) is 33.3 Å². The van der Waals surface area contributed by atoms with Gasteiger partial charge in [0.15, 0.2) is 6.10 Å². The van der Waals surface area contributed by atoms with Gasteiger partial charge in [-0.1, -0.05) is 20.8 Å². The molecule has 0 bridgehead atoms. The number of nitrogens with zero attached hydrogens (tertiary/aromatic N) is 1. The molecular formula is C12H23N3O3. The number of urea groups is 1. The summed E-state index contributed by atoms with van der Waals surface area (Å²) in [5.41, 5.74) is 5.35. The lowest BCUT2D eigenvalue weighted by molar-refractivity contribution is -0.133. The molecule has 0 spiro atoms. The molecule has 1 aliphatic rings. The zero-order chi connectivity index (χ0) is 13.8. The predicted octanol–water partition coefficient (Wildman–Crippen LogP) is 0.318. The fraction of sp³-hybridized carbons (Fsp3) is 0.833. The molecule has 3 amide bonds. The van der Waals surface area contributed by atoms with Crippen LogP contribution in [0.3, 0.4) is 0 Å². The largest absolute Gasteiger partial charge is 0.367 e. The molecule has 1 fully saturated rings. The van der Waals surface area contributed by atoms with E-state index in [0.29, 0.717) is 19.7 Å². The first-order chi connectivity index (χ1) is 8.29. The summed E-state index contributed by atoms with van der Waals surface area (Å²) in [7, 11) is 0. The Kier molecular flexibility index (Phi) is 4.95. The number of primary amides is 1. The highest BCUT2D eigenvalue weighted by Gasteiger charge is 2.27. The van der Waals surface area contributed by atoms with Crippen molar-refractivity contribution in [2.75, 3.05) is 26.2 Å². The number of amides is 3. The van der Waals surface area contributed by atoms with Crippen molar-refractivity contribution in [2.24, 2.45) is 11.1 Å². The van der Waals surface area contributed by atoms with Crippen molar-refractivity contribution in [3.05, 3.63) is 0 Å². The van der Waals surface area contributed by atoms with Gasteiger partial charge in [0, 0.05) is 13.1 Å². The molecule has 1 aliphatic heterocycles. The number of morpholine rings is 1. The topological polar surface area (TPSA) is 84.7 Å². The monoisotopic (exact) mass is 257 g/mol. The van der Waals surface area contributed by atoms with Gasteiger partial charge in [-0.2, -0.15) is 0 Å². The summed E-state index contributed by atoms with van der Waals surface area (Å²) in [5, 5.41) is 2.85. The van der Waals surface area contributed by atoms with Gasteiger partial charge in [-0.25, -0.2) is 4.79 Å². The third-order valence-electron chi connectivity index (χ3n) is 2.82. The molecule has 1 rings (SSSR count). The van der Waals surface area contributed by atoms with Crippen LogP contribution in [0.2, 0.25) is 0 Å². The van der Waals surface area contributed by atoms with Gasteiger partial charge in [0.25, 0.3) is 0 Å². The molecule has 3 N–H and O–H groups in total. The van der Waals surface area contributed by atoms with Gasteiger partial charge < -0.3 is 20.7 Å². The van der Waals surface area contributed by atoms with Crippen LogP contribution >= 0.6 is 0 Å². The van der Waals surface area contributed by atoms with E-state index in [1.54, 1.807) is 4.90 Å². The Labute approximate surface area is 108 Å². The quantitative estimate of drug-likeness (QED) is 0.763. The van der Waals surface area contributed by atoms with Crippen molar-refractivity contribution >= 4 is 11.9 Å². The minimum atomic E-state index is -0.688. The molecule has 18 heavy (non-hydrogen) atoms. The normalized spacial score (nSPS) is 20.6. The summed E-state index contributed by atoms with van der Waals surface area (Å²) in [6, 6.07) is -0.159. The molecule has 1 unspecified atom stereocenters. The first kappa shape index (κ1) is 14.8. The first-order valence-electron chi connectivity index (χ1n) is 6.23. The summed E-state index contributed by atoms with van der Waals surface area (Å²) in [6.07, 6.45) is 0.217. The highest BCUT2D eigenvalue weighted by Crippen LogP contribution is 2.17. The first-order valence-corrected chi connectivity index (χ1v) is 6.23. The smallest absolute Gasteiger partial charge is 0.317 e. The Bertz CT molecular complexity index is 312. The highest BCUT2D eigenvalue weighted by atomic mass is 16.5. The molecule has 6 heteroatoms. The minimum absolute atomic E-state index is 0.159. The van der Waals surface area contributed by atoms with Gasteiger partial charge in [0.05, 0.1) is 13.2 Å². The van der Waals surface area contributed by atoms with E-state index in [2.05, 4.69) is 26.1 Å². The number of hydrogen-bond acceptors (Lipinski definition) is 3. The van der Waals surface area contributed by atoms with Crippen LogP contribution in [0, 0.1) is 5.41 Å². The SMILES string of the molecule is CC(C)(C)CCNC(=O)N1CCOC(C(N)=O)C1. The highest BCUT2D eigenvalue weighted by molar-refractivity contribution is 5.81. The Balaban J connectivity index is 2.35. The second kappa shape index (κ2) is 6.04. The maximum absolute atomic E-state index is 11.9. The zero-order valence-corrected chi connectivity index (χ0v) is 11.4. The summed E-state index contributed by atoms with van der Waals surface area (Å²) in [4.78, 5) is 24.4. The van der Waals surface area contributed by atoms with Crippen LogP contribution in [0.25, 0.3) is 0 Å². The molecule has 1 heterocycles. The van der Waals surface area contributed by atoms with Crippen LogP contribution in [0.5, 0.6) is 0 Å². The number of rotatable bonds is 3. The lowest BCUT2D eigenvalue weighted by atomic mass is 9.92. The molecule has 0 aliphatic carbocycles. The molecule has 6 nitrogen and oxygen atoms in total. The molecule has 1 atom stereocenters. The van der Waals surface area contributed by atoms with Crippen LogP contribution in [0.1, 0.15) is 27.2 Å². The molecule has 0 aromatic rings. The summed E-state index contributed by atoms with van der Waals surface area (Å²) >= 11 is 0. The van der Waals surface area contributed by atoms with E-state index in [1.807, 2.05) is 0 Å². The molecule has 104 valence electrons. The number of carbonyl (C=O) groups is 2. The van der Waals surface area contributed by atoms with Gasteiger partial charge in [-0.05, 0) is 11.8 Å². The number of carbonyl (C=O) groups excluding carboxylic acids is 2. The summed E-state index contributed by atoms with van der Waals surface area (Å²) in [6.45, 7) is 8.06. The van der Waals surface area contributed by atoms with Crippen LogP contribution in [-0.4, -0.2) is 49.2 Å². The Morgan fingerprint density at radius 1 is 1.44 bits per heavy atom. The van der Waals surface area contributed by atoms with Crippen molar-refractivity contribution in [1.29, 1.82) is 0 Å². The van der Waals surface area contributed by atoms with E-state index >= 15 is 0 Å². The van der Waals surface area contributed by atoms with Gasteiger partial charge in [0.2, 0.25) is 5.91 Å². The van der Waals surface area contributed by atoms with Gasteiger partial charge in [-0.15, -0.1) is 0 Å². The summed E-state index contributed by atoms with van der Waals surface area (Å²) in [5.74, 6) is -0.526. The lowest BCUT2D eigenvalue weighted by Crippen LogP contribution is -2.53.